The summed E-state index contributed by atoms with van der Waals surface area (Å²) in [6.45, 7) is 2.47. The predicted octanol–water partition coefficient (Wildman–Crippen LogP) is -5.16. The van der Waals surface area contributed by atoms with Crippen molar-refractivity contribution in [3.05, 3.63) is 0 Å². The molecule has 0 aromatic rings. The van der Waals surface area contributed by atoms with E-state index < -0.39 is 358 Å². The Bertz CT molecular complexity index is 3540. The van der Waals surface area contributed by atoms with Gasteiger partial charge in [0.1, 0.15) is 54.9 Å². The topological polar surface area (TPSA) is 822 Å². The zero-order chi connectivity index (χ0) is 88.9. The molecule has 7 saturated heterocycles. The first-order valence-corrected chi connectivity index (χ1v) is 45.3. The van der Waals surface area contributed by atoms with Gasteiger partial charge in [-0.3, -0.25) is 45.5 Å². The van der Waals surface area contributed by atoms with Gasteiger partial charge in [-0.25, -0.2) is 52.7 Å². The molecule has 0 radical (unpaired) electrons. The van der Waals surface area contributed by atoms with Gasteiger partial charge in [0.05, 0.1) is 87.6 Å². The maximum Gasteiger partial charge on any atom is 0.397 e. The molecule has 15 N–H and O–H groups in total. The van der Waals surface area contributed by atoms with E-state index in [4.69, 9.17) is 119 Å². The molecule has 0 aliphatic carbocycles. The smallest absolute Gasteiger partial charge is 0.389 e. The van der Waals surface area contributed by atoms with Crippen LogP contribution in [0.1, 0.15) is 54.9 Å². The molecule has 7 rings (SSSR count). The summed E-state index contributed by atoms with van der Waals surface area (Å²) >= 11 is -26.5. The zero-order valence-electron chi connectivity index (χ0n) is 61.6. The van der Waals surface area contributed by atoms with Gasteiger partial charge >= 0.3 is 112 Å². The highest BCUT2D eigenvalue weighted by Crippen LogP contribution is 2.44. The summed E-state index contributed by atoms with van der Waals surface area (Å²) in [5.41, 5.74) is 0. The fraction of sp³-hybridized carbons (Fsp3) is 1.00. The second kappa shape index (κ2) is 50.8. The minimum absolute atomic E-state index is 0.137. The number of ether oxygens (including phenoxy) is 13. The largest absolute Gasteiger partial charge is 0.397 e. The normalized spacial score (nSPS) is 40.8. The minimum atomic E-state index is -5.75. The molecule has 42 atom stereocenters. The first-order valence-electron chi connectivity index (χ1n) is 33.6. The number of aliphatic hydroxyl groups is 4. The van der Waals surface area contributed by atoms with Gasteiger partial charge in [-0.05, 0) is 65.0 Å². The Morgan fingerprint density at radius 3 is 1.11 bits per heavy atom. The Morgan fingerprint density at radius 2 is 0.658 bits per heavy atom. The molecule has 0 spiro atoms. The molecule has 0 saturated carbocycles. The molecule has 0 bridgehead atoms. The lowest BCUT2D eigenvalue weighted by Crippen LogP contribution is -2.62. The Balaban J connectivity index is 1.37. The quantitative estimate of drug-likeness (QED) is 0.00676. The highest BCUT2D eigenvalue weighted by atomic mass is 32.3. The van der Waals surface area contributed by atoms with E-state index in [1.165, 1.54) is 34.6 Å². The van der Waals surface area contributed by atoms with Crippen LogP contribution < -0.4 is 0 Å². The molecule has 7 aliphatic heterocycles. The Labute approximate surface area is 701 Å². The lowest BCUT2D eigenvalue weighted by Gasteiger charge is -2.49. The van der Waals surface area contributed by atoms with Crippen LogP contribution in [0.3, 0.4) is 0 Å². The van der Waals surface area contributed by atoms with Crippen molar-refractivity contribution < 1.29 is 280 Å². The Kier molecular flexibility index (Phi) is 45.1. The highest BCUT2D eigenvalue weighted by molar-refractivity contribution is 7.95. The molecule has 72 heteroatoms. The molecule has 7 aliphatic rings. The summed E-state index contributed by atoms with van der Waals surface area (Å²) in [6.07, 6.45) is -52.4. The lowest BCUT2D eigenvalue weighted by molar-refractivity contribution is -0.591. The van der Waals surface area contributed by atoms with Gasteiger partial charge in [0.25, 0.3) is 0 Å². The third-order valence-corrected chi connectivity index (χ3v) is 21.8. The zero-order valence-corrected chi connectivity index (χ0v) is 70.5. The third kappa shape index (κ3) is 32.8. The average Bonchev–Trinajstić information content (AvgIpc) is 0.776. The molecule has 0 aromatic carbocycles. The summed E-state index contributed by atoms with van der Waals surface area (Å²) in [4.78, 5) is 41.6. The maximum atomic E-state index is 12.5. The van der Waals surface area contributed by atoms with E-state index in [1.54, 1.807) is 0 Å². The average molecular weight is 1990 g/mol. The van der Waals surface area contributed by atoms with Gasteiger partial charge in [-0.2, -0.15) is 50.5 Å². The van der Waals surface area contributed by atoms with Crippen molar-refractivity contribution in [2.75, 3.05) is 39.6 Å². The van der Waals surface area contributed by atoms with Crippen molar-refractivity contribution in [2.24, 2.45) is 35.5 Å². The molecule has 708 valence electrons. The summed E-state index contributed by atoms with van der Waals surface area (Å²) < 4.78 is 373. The van der Waals surface area contributed by atoms with Gasteiger partial charge in [0.15, 0.2) is 68.4 Å². The van der Waals surface area contributed by atoms with Crippen molar-refractivity contribution in [3.63, 3.8) is 0 Å². The lowest BCUT2D eigenvalue weighted by atomic mass is 9.82. The standard InChI is InChI=1S/C48H84O61S11/c1-15-8-22(35(42(52)82-15)93-106-115(62)63)9-76-43-25(24(31(17(3)84-43)89-102-111(54)55)11-80-48-40(96-109-118(68)69)39(98-120(73,74)75)34(20(6)87-48)92-105-114(60)61)12-77-44-26(13-78-45-30(51)37(97-119(70,71)72)28(49)16(2)83-45)23(32(18(4)85-44)90-103-112(56)57)10-79-46-36(94-107-116(64)65)27(33(19(5)86-46)91-104-113(58)59)14-81-47-38(95-108-117(66)67)29(50)41(21(7)88-47)110-101-100-99-53/h15-53H,8-14H2,1-7H3,(H,54,55)(H,56,57)(H,58,59)(H,60,61)(H,62,63)(H,64,65)(H,66,67)(H,68,69)(H,70,71,72)(H,73,74,75)/t15?,16?,17?,18?,19?,20?,21?,22-,23-,24-,25?,26?,27+,28-,29-,30?,31-,32-,33-,34-,35?,36?,37+,38?,39+,40?,41-,42?,43-,44-,45-,46-,47-,48-/m1/s1. The first-order chi connectivity index (χ1) is 56.4. The van der Waals surface area contributed by atoms with Crippen LogP contribution >= 0.6 is 12.0 Å². The first kappa shape index (κ1) is 107. The van der Waals surface area contributed by atoms with Gasteiger partial charge in [-0.15, -0.1) is 39.0 Å². The van der Waals surface area contributed by atoms with Crippen LogP contribution in [0.25, 0.3) is 0 Å². The SMILES string of the molecule is CC1C[C@H](CO[C@@H]2OC(C)[C@@H](OOS(=O)O)[C@H](CO[C@@H]3OC(C)[C@@H](OOS(=O)O)[C@H](OS(=O)(=O)O)C3OOS(=O)O)C2CO[C@@H]2OC(C)[C@@H](OOS(=O)O)[C@H](CO[C@@H]3OC(C)[C@@H](OOS(=O)O)[C@H](CO[C@@H]4OC(C)[C@@H](SOOOO)[C@H](O)C4OOS(=O)O)C3OOS(=O)O)C2CO[C@@H]2OC(C)[C@@H](O)[C@H](OS(=O)(=O)O)C2O)C(OOS(=O)O)C(O)O1. The number of hydrogen-bond acceptors (Lipinski definition) is 52. The van der Waals surface area contributed by atoms with Crippen LogP contribution in [0.15, 0.2) is 0 Å². The van der Waals surface area contributed by atoms with Crippen molar-refractivity contribution >= 4 is 124 Å². The molecule has 0 amide bonds. The van der Waals surface area contributed by atoms with Crippen LogP contribution in [-0.4, -0.2) is 333 Å². The molecule has 7 heterocycles. The van der Waals surface area contributed by atoms with Crippen molar-refractivity contribution in [1.29, 1.82) is 0 Å². The molecule has 61 nitrogen and oxygen atoms in total. The molecular weight excluding hydrogens is 1910 g/mol. The number of aliphatic hydroxyl groups excluding tert-OH is 4. The van der Waals surface area contributed by atoms with Gasteiger partial charge in [0, 0.05) is 47.6 Å². The molecule has 7 fully saturated rings. The molecule has 0 aromatic heterocycles. The summed E-state index contributed by atoms with van der Waals surface area (Å²) in [5, 5.41) is 59.8. The summed E-state index contributed by atoms with van der Waals surface area (Å²) in [7, 11) is -11.3. The monoisotopic (exact) mass is 1990 g/mol. The Morgan fingerprint density at radius 1 is 0.333 bits per heavy atom. The van der Waals surface area contributed by atoms with E-state index in [0.29, 0.717) is 0 Å². The van der Waals surface area contributed by atoms with E-state index >= 15 is 0 Å². The predicted molar refractivity (Wildman–Crippen MR) is 366 cm³/mol. The fourth-order valence-electron chi connectivity index (χ4n) is 13.3. The van der Waals surface area contributed by atoms with E-state index in [2.05, 4.69) is 44.6 Å². The number of hydrogen-bond donors (Lipinski definition) is 15. The van der Waals surface area contributed by atoms with E-state index in [-0.39, 0.29) is 18.5 Å². The number of rotatable bonds is 50. The van der Waals surface area contributed by atoms with Crippen LogP contribution in [0.2, 0.25) is 0 Å². The van der Waals surface area contributed by atoms with Crippen LogP contribution in [0.4, 0.5) is 0 Å². The second-order valence-corrected chi connectivity index (χ2v) is 33.4. The molecule has 120 heavy (non-hydrogen) atoms. The van der Waals surface area contributed by atoms with Crippen LogP contribution in [0.5, 0.6) is 0 Å². The van der Waals surface area contributed by atoms with E-state index in [1.807, 2.05) is 0 Å². The van der Waals surface area contributed by atoms with E-state index in [9.17, 15) is 116 Å². The highest BCUT2D eigenvalue weighted by Gasteiger charge is 2.58. The minimum Gasteiger partial charge on any atom is -0.389 e. The van der Waals surface area contributed by atoms with Gasteiger partial charge in [0.2, 0.25) is 0 Å². The van der Waals surface area contributed by atoms with E-state index in [0.717, 1.165) is 13.8 Å². The van der Waals surface area contributed by atoms with Crippen molar-refractivity contribution in [2.45, 2.75) is 226 Å². The summed E-state index contributed by atoms with van der Waals surface area (Å²) in [6, 6.07) is 0. The molecule has 23 unspecified atom stereocenters. The van der Waals surface area contributed by atoms with Crippen molar-refractivity contribution in [3.8, 4) is 0 Å². The van der Waals surface area contributed by atoms with Crippen molar-refractivity contribution in [1.82, 2.24) is 0 Å². The van der Waals surface area contributed by atoms with Crippen LogP contribution in [0, 0.1) is 35.5 Å². The van der Waals surface area contributed by atoms with Crippen LogP contribution in [-0.2, 0) is 270 Å². The third-order valence-electron chi connectivity index (χ3n) is 18.3. The summed E-state index contributed by atoms with van der Waals surface area (Å²) in [5.74, 6) is -10.1. The maximum absolute atomic E-state index is 12.5. The van der Waals surface area contributed by atoms with Gasteiger partial charge in [-0.1, -0.05) is 0 Å². The Hall–Kier alpha value is -0.510. The van der Waals surface area contributed by atoms with Gasteiger partial charge < -0.3 is 82.0 Å². The molecular formula is C48H84O61S11. The second-order valence-electron chi connectivity index (χ2n) is 25.9. The fourth-order valence-corrected chi connectivity index (χ4v) is 16.2.